The van der Waals surface area contributed by atoms with Gasteiger partial charge in [-0.05, 0) is 39.2 Å². The van der Waals surface area contributed by atoms with Gasteiger partial charge in [0.1, 0.15) is 0 Å². The molecule has 0 aliphatic heterocycles. The minimum absolute atomic E-state index is 0.652. The highest BCUT2D eigenvalue weighted by atomic mass is 28.4. The summed E-state index contributed by atoms with van der Waals surface area (Å²) in [7, 11) is -2.45. The van der Waals surface area contributed by atoms with Crippen molar-refractivity contribution in [1.82, 2.24) is 0 Å². The van der Waals surface area contributed by atoms with Crippen molar-refractivity contribution in [1.29, 1.82) is 0 Å². The third kappa shape index (κ3) is 8.94. The van der Waals surface area contributed by atoms with Crippen LogP contribution in [-0.4, -0.2) is 35.2 Å². The van der Waals surface area contributed by atoms with Gasteiger partial charge in [0.05, 0.1) is 6.61 Å². The Hall–Kier alpha value is -0.723. The summed E-state index contributed by atoms with van der Waals surface area (Å²) in [4.78, 5) is 0. The minimum atomic E-state index is -2.45. The van der Waals surface area contributed by atoms with Crippen LogP contribution in [0.4, 0.5) is 0 Å². The second-order valence-corrected chi connectivity index (χ2v) is 8.42. The fraction of sp³-hybridized carbons (Fsp3) is 0.684. The molecule has 0 aromatic heterocycles. The lowest BCUT2D eigenvalue weighted by atomic mass is 10.2. The highest BCUT2D eigenvalue weighted by Gasteiger charge is 2.39. The molecule has 0 spiro atoms. The fourth-order valence-corrected chi connectivity index (χ4v) is 5.35. The van der Waals surface area contributed by atoms with Crippen LogP contribution in [0.2, 0.25) is 6.04 Å². The number of rotatable bonds is 15. The van der Waals surface area contributed by atoms with Gasteiger partial charge >= 0.3 is 8.80 Å². The predicted molar refractivity (Wildman–Crippen MR) is 100 cm³/mol. The third-order valence-corrected chi connectivity index (χ3v) is 6.88. The van der Waals surface area contributed by atoms with Gasteiger partial charge in [-0.1, -0.05) is 43.2 Å². The first kappa shape index (κ1) is 21.3. The maximum Gasteiger partial charge on any atom is 0.500 e. The van der Waals surface area contributed by atoms with Gasteiger partial charge in [0, 0.05) is 32.5 Å². The lowest BCUT2D eigenvalue weighted by Crippen LogP contribution is -2.45. The van der Waals surface area contributed by atoms with Crippen molar-refractivity contribution in [2.24, 2.45) is 0 Å². The van der Waals surface area contributed by atoms with Crippen molar-refractivity contribution in [3.05, 3.63) is 35.9 Å². The van der Waals surface area contributed by atoms with E-state index in [1.807, 2.05) is 39.0 Å². The Kier molecular flexibility index (Phi) is 12.0. The summed E-state index contributed by atoms with van der Waals surface area (Å²) in [6.45, 7) is 9.49. The number of benzene rings is 1. The molecule has 138 valence electrons. The largest absolute Gasteiger partial charge is 0.500 e. The maximum absolute atomic E-state index is 5.87. The molecule has 4 nitrogen and oxygen atoms in total. The Morgan fingerprint density at radius 3 is 1.92 bits per heavy atom. The average Bonchev–Trinajstić information content (AvgIpc) is 2.59. The zero-order chi connectivity index (χ0) is 17.5. The highest BCUT2D eigenvalue weighted by Crippen LogP contribution is 2.20. The van der Waals surface area contributed by atoms with E-state index in [-0.39, 0.29) is 0 Å². The summed E-state index contributed by atoms with van der Waals surface area (Å²) in [5.41, 5.74) is 1.23. The molecule has 0 atom stereocenters. The van der Waals surface area contributed by atoms with Crippen LogP contribution >= 0.6 is 0 Å². The molecule has 0 aliphatic rings. The molecule has 0 heterocycles. The summed E-state index contributed by atoms with van der Waals surface area (Å²) >= 11 is 0. The molecule has 0 fully saturated rings. The summed E-state index contributed by atoms with van der Waals surface area (Å²) < 4.78 is 23.3. The molecule has 24 heavy (non-hydrogen) atoms. The first-order valence-corrected chi connectivity index (χ1v) is 11.2. The second-order valence-electron chi connectivity index (χ2n) is 5.68. The first-order chi connectivity index (χ1) is 11.8. The zero-order valence-electron chi connectivity index (χ0n) is 15.6. The van der Waals surface area contributed by atoms with E-state index in [1.165, 1.54) is 12.0 Å². The van der Waals surface area contributed by atoms with Crippen LogP contribution in [0, 0.1) is 0 Å². The van der Waals surface area contributed by atoms with E-state index >= 15 is 0 Å². The van der Waals surface area contributed by atoms with Crippen molar-refractivity contribution >= 4 is 8.80 Å². The predicted octanol–water partition coefficient (Wildman–Crippen LogP) is 4.81. The van der Waals surface area contributed by atoms with E-state index < -0.39 is 8.80 Å². The summed E-state index contributed by atoms with van der Waals surface area (Å²) in [6.07, 6.45) is 4.52. The van der Waals surface area contributed by atoms with E-state index in [0.717, 1.165) is 31.9 Å². The van der Waals surface area contributed by atoms with E-state index in [0.29, 0.717) is 26.4 Å². The summed E-state index contributed by atoms with van der Waals surface area (Å²) in [6, 6.07) is 11.2. The normalized spacial score (nSPS) is 11.8. The van der Waals surface area contributed by atoms with E-state index in [2.05, 4.69) is 12.1 Å². The van der Waals surface area contributed by atoms with Crippen molar-refractivity contribution in [3.63, 3.8) is 0 Å². The van der Waals surface area contributed by atoms with Crippen LogP contribution in [0.15, 0.2) is 30.3 Å². The van der Waals surface area contributed by atoms with Crippen molar-refractivity contribution < 1.29 is 18.0 Å². The molecule has 0 amide bonds. The van der Waals surface area contributed by atoms with Crippen LogP contribution in [0.1, 0.15) is 52.0 Å². The van der Waals surface area contributed by atoms with Crippen LogP contribution < -0.4 is 0 Å². The average molecular weight is 355 g/mol. The molecule has 0 bridgehead atoms. The molecule has 0 saturated heterocycles. The molecule has 0 radical (unpaired) electrons. The van der Waals surface area contributed by atoms with Crippen LogP contribution in [-0.2, 0) is 24.6 Å². The highest BCUT2D eigenvalue weighted by molar-refractivity contribution is 6.60. The number of hydrogen-bond donors (Lipinski definition) is 0. The Bertz CT molecular complexity index is 383. The molecular formula is C19H34O4Si. The molecule has 1 aromatic rings. The number of unbranched alkanes of at least 4 members (excludes halogenated alkanes) is 3. The molecule has 5 heteroatoms. The van der Waals surface area contributed by atoms with E-state index in [9.17, 15) is 0 Å². The van der Waals surface area contributed by atoms with Gasteiger partial charge in [-0.15, -0.1) is 0 Å². The monoisotopic (exact) mass is 354 g/mol. The summed E-state index contributed by atoms with van der Waals surface area (Å²) in [5, 5.41) is 0. The van der Waals surface area contributed by atoms with Gasteiger partial charge in [-0.3, -0.25) is 0 Å². The Morgan fingerprint density at radius 2 is 1.33 bits per heavy atom. The molecule has 1 aromatic carbocycles. The molecule has 0 aliphatic carbocycles. The van der Waals surface area contributed by atoms with Gasteiger partial charge in [-0.25, -0.2) is 0 Å². The first-order valence-electron chi connectivity index (χ1n) is 9.29. The molecule has 0 N–H and O–H groups in total. The van der Waals surface area contributed by atoms with Crippen LogP contribution in [0.3, 0.4) is 0 Å². The summed E-state index contributed by atoms with van der Waals surface area (Å²) in [5.74, 6) is 0. The van der Waals surface area contributed by atoms with Gasteiger partial charge in [0.2, 0.25) is 0 Å². The quantitative estimate of drug-likeness (QED) is 0.334. The Labute approximate surface area is 148 Å². The van der Waals surface area contributed by atoms with Crippen molar-refractivity contribution in [2.75, 3.05) is 26.4 Å². The fourth-order valence-electron chi connectivity index (χ4n) is 2.66. The van der Waals surface area contributed by atoms with E-state index in [4.69, 9.17) is 18.0 Å². The van der Waals surface area contributed by atoms with Crippen molar-refractivity contribution in [2.45, 2.75) is 59.1 Å². The smallest absolute Gasteiger partial charge is 0.377 e. The molecule has 0 unspecified atom stereocenters. The minimum Gasteiger partial charge on any atom is -0.377 e. The lowest BCUT2D eigenvalue weighted by molar-refractivity contribution is 0.0705. The third-order valence-electron chi connectivity index (χ3n) is 3.73. The molecule has 0 saturated carbocycles. The van der Waals surface area contributed by atoms with Crippen LogP contribution in [0.5, 0.6) is 0 Å². The Balaban J connectivity index is 2.12. The zero-order valence-corrected chi connectivity index (χ0v) is 16.6. The van der Waals surface area contributed by atoms with Crippen LogP contribution in [0.25, 0.3) is 0 Å². The van der Waals surface area contributed by atoms with Gasteiger partial charge in [0.15, 0.2) is 0 Å². The van der Waals surface area contributed by atoms with Gasteiger partial charge in [0.25, 0.3) is 0 Å². The van der Waals surface area contributed by atoms with Crippen molar-refractivity contribution in [3.8, 4) is 0 Å². The van der Waals surface area contributed by atoms with E-state index in [1.54, 1.807) is 0 Å². The number of hydrogen-bond acceptors (Lipinski definition) is 4. The second kappa shape index (κ2) is 13.6. The standard InChI is InChI=1S/C19H34O4Si/c1-4-21-24(22-5-2,23-6-3)17-13-8-7-12-16-20-18-19-14-10-9-11-15-19/h9-11,14-15H,4-8,12-13,16-18H2,1-3H3. The van der Waals surface area contributed by atoms with Gasteiger partial charge < -0.3 is 18.0 Å². The molecular weight excluding hydrogens is 320 g/mol. The SMILES string of the molecule is CCO[Si](CCCCCCOCc1ccccc1)(OCC)OCC. The van der Waals surface area contributed by atoms with Gasteiger partial charge in [-0.2, -0.15) is 0 Å². The number of ether oxygens (including phenoxy) is 1. The topological polar surface area (TPSA) is 36.9 Å². The lowest BCUT2D eigenvalue weighted by Gasteiger charge is -2.28. The maximum atomic E-state index is 5.87. The Morgan fingerprint density at radius 1 is 0.750 bits per heavy atom. The molecule has 1 rings (SSSR count).